The van der Waals surface area contributed by atoms with Gasteiger partial charge in [-0.25, -0.2) is 0 Å². The summed E-state index contributed by atoms with van der Waals surface area (Å²) in [6, 6.07) is 16.7. The Morgan fingerprint density at radius 1 is 1.00 bits per heavy atom. The smallest absolute Gasteiger partial charge is 0.171 e. The lowest BCUT2D eigenvalue weighted by atomic mass is 10.2. The Labute approximate surface area is 151 Å². The molecule has 0 saturated carbocycles. The van der Waals surface area contributed by atoms with Crippen molar-refractivity contribution in [3.05, 3.63) is 58.6 Å². The van der Waals surface area contributed by atoms with Crippen LogP contribution in [0.5, 0.6) is 0 Å². The van der Waals surface area contributed by atoms with Gasteiger partial charge < -0.3 is 15.5 Å². The van der Waals surface area contributed by atoms with Gasteiger partial charge in [0.05, 0.1) is 0 Å². The van der Waals surface area contributed by atoms with E-state index in [2.05, 4.69) is 55.7 Å². The minimum Gasteiger partial charge on any atom is -0.372 e. The van der Waals surface area contributed by atoms with Gasteiger partial charge >= 0.3 is 0 Å². The molecule has 0 radical (unpaired) electrons. The molecule has 2 N–H and O–H groups in total. The molecule has 1 aliphatic rings. The molecule has 120 valence electrons. The number of nitrogens with one attached hydrogen (secondary N) is 2. The van der Waals surface area contributed by atoms with Gasteiger partial charge in [-0.2, -0.15) is 0 Å². The van der Waals surface area contributed by atoms with Crippen LogP contribution in [-0.4, -0.2) is 18.2 Å². The summed E-state index contributed by atoms with van der Waals surface area (Å²) in [5, 5.41) is 7.07. The second kappa shape index (κ2) is 7.79. The van der Waals surface area contributed by atoms with E-state index in [4.69, 9.17) is 12.2 Å². The molecule has 0 aromatic heterocycles. The van der Waals surface area contributed by atoms with Gasteiger partial charge in [0.1, 0.15) is 0 Å². The van der Waals surface area contributed by atoms with E-state index >= 15 is 0 Å². The molecule has 1 saturated heterocycles. The molecule has 2 aromatic rings. The Bertz CT molecular complexity index is 649. The third-order valence-corrected chi connectivity index (χ3v) is 4.74. The molecule has 1 fully saturated rings. The molecule has 0 atom stereocenters. The molecular weight excluding hydrogens is 370 g/mol. The van der Waals surface area contributed by atoms with Gasteiger partial charge in [0.25, 0.3) is 0 Å². The first-order valence-corrected chi connectivity index (χ1v) is 9.05. The number of nitrogens with zero attached hydrogens (tertiary/aromatic N) is 1. The van der Waals surface area contributed by atoms with E-state index in [1.807, 2.05) is 24.3 Å². The highest BCUT2D eigenvalue weighted by Crippen LogP contribution is 2.20. The second-order valence-corrected chi connectivity index (χ2v) is 7.00. The highest BCUT2D eigenvalue weighted by atomic mass is 79.9. The van der Waals surface area contributed by atoms with Gasteiger partial charge in [-0.15, -0.1) is 0 Å². The SMILES string of the molecule is S=C(NCc1ccc(N2CCCC2)cc1)Nc1ccc(Br)cc1. The number of halogens is 1. The number of anilines is 2. The van der Waals surface area contributed by atoms with E-state index in [0.717, 1.165) is 16.7 Å². The molecule has 5 heteroatoms. The lowest BCUT2D eigenvalue weighted by Crippen LogP contribution is -2.27. The van der Waals surface area contributed by atoms with Crippen LogP contribution in [0.2, 0.25) is 0 Å². The quantitative estimate of drug-likeness (QED) is 0.750. The van der Waals surface area contributed by atoms with Crippen molar-refractivity contribution < 1.29 is 0 Å². The van der Waals surface area contributed by atoms with E-state index in [9.17, 15) is 0 Å². The van der Waals surface area contributed by atoms with Crippen molar-refractivity contribution in [3.8, 4) is 0 Å². The van der Waals surface area contributed by atoms with Gasteiger partial charge in [-0.05, 0) is 67.0 Å². The topological polar surface area (TPSA) is 27.3 Å². The fourth-order valence-corrected chi connectivity index (χ4v) is 3.15. The van der Waals surface area contributed by atoms with Gasteiger partial charge in [0.15, 0.2) is 5.11 Å². The molecule has 0 aliphatic carbocycles. The molecule has 1 aliphatic heterocycles. The van der Waals surface area contributed by atoms with E-state index in [1.165, 1.54) is 37.2 Å². The third-order valence-electron chi connectivity index (χ3n) is 3.96. The van der Waals surface area contributed by atoms with Crippen molar-refractivity contribution in [2.75, 3.05) is 23.3 Å². The van der Waals surface area contributed by atoms with Crippen LogP contribution in [0.25, 0.3) is 0 Å². The van der Waals surface area contributed by atoms with E-state index in [1.54, 1.807) is 0 Å². The minimum absolute atomic E-state index is 0.635. The van der Waals surface area contributed by atoms with Crippen LogP contribution in [0.4, 0.5) is 11.4 Å². The van der Waals surface area contributed by atoms with Gasteiger partial charge in [-0.1, -0.05) is 28.1 Å². The molecule has 3 rings (SSSR count). The predicted octanol–water partition coefficient (Wildman–Crippen LogP) is 4.54. The number of hydrogen-bond acceptors (Lipinski definition) is 2. The van der Waals surface area contributed by atoms with E-state index in [0.29, 0.717) is 5.11 Å². The summed E-state index contributed by atoms with van der Waals surface area (Å²) in [6.07, 6.45) is 2.61. The Morgan fingerprint density at radius 3 is 2.30 bits per heavy atom. The Morgan fingerprint density at radius 2 is 1.65 bits per heavy atom. The Balaban J connectivity index is 1.49. The second-order valence-electron chi connectivity index (χ2n) is 5.68. The molecule has 2 aromatic carbocycles. The Hall–Kier alpha value is -1.59. The van der Waals surface area contributed by atoms with Crippen LogP contribution in [0.15, 0.2) is 53.0 Å². The van der Waals surface area contributed by atoms with Crippen molar-refractivity contribution in [2.24, 2.45) is 0 Å². The normalized spacial score (nSPS) is 13.9. The first kappa shape index (κ1) is 16.3. The number of benzene rings is 2. The van der Waals surface area contributed by atoms with Crippen LogP contribution >= 0.6 is 28.1 Å². The molecule has 1 heterocycles. The Kier molecular flexibility index (Phi) is 5.51. The summed E-state index contributed by atoms with van der Waals surface area (Å²) < 4.78 is 1.06. The van der Waals surface area contributed by atoms with E-state index < -0.39 is 0 Å². The maximum Gasteiger partial charge on any atom is 0.171 e. The largest absolute Gasteiger partial charge is 0.372 e. The van der Waals surface area contributed by atoms with Crippen LogP contribution in [0, 0.1) is 0 Å². The van der Waals surface area contributed by atoms with Crippen molar-refractivity contribution in [2.45, 2.75) is 19.4 Å². The first-order valence-electron chi connectivity index (χ1n) is 7.85. The fourth-order valence-electron chi connectivity index (χ4n) is 2.69. The molecule has 0 amide bonds. The summed E-state index contributed by atoms with van der Waals surface area (Å²) in [5.41, 5.74) is 3.53. The van der Waals surface area contributed by atoms with Gasteiger partial charge in [0, 0.05) is 35.5 Å². The van der Waals surface area contributed by atoms with Crippen molar-refractivity contribution in [3.63, 3.8) is 0 Å². The predicted molar refractivity (Wildman–Crippen MR) is 105 cm³/mol. The van der Waals surface area contributed by atoms with Crippen molar-refractivity contribution in [1.29, 1.82) is 0 Å². The average molecular weight is 390 g/mol. The molecule has 0 bridgehead atoms. The first-order chi connectivity index (χ1) is 11.2. The average Bonchev–Trinajstić information content (AvgIpc) is 3.10. The fraction of sp³-hybridized carbons (Fsp3) is 0.278. The zero-order chi connectivity index (χ0) is 16.1. The zero-order valence-corrected chi connectivity index (χ0v) is 15.3. The number of rotatable bonds is 4. The molecular formula is C18H20BrN3S. The van der Waals surface area contributed by atoms with Crippen molar-refractivity contribution in [1.82, 2.24) is 5.32 Å². The standard InChI is InChI=1S/C18H20BrN3S/c19-15-5-7-16(8-6-15)21-18(23)20-13-14-3-9-17(10-4-14)22-11-1-2-12-22/h3-10H,1-2,11-13H2,(H2,20,21,23). The van der Waals surface area contributed by atoms with Gasteiger partial charge in [0.2, 0.25) is 0 Å². The molecule has 23 heavy (non-hydrogen) atoms. The molecule has 3 nitrogen and oxygen atoms in total. The summed E-state index contributed by atoms with van der Waals surface area (Å²) in [6.45, 7) is 3.08. The highest BCUT2D eigenvalue weighted by Gasteiger charge is 2.11. The maximum absolute atomic E-state index is 5.34. The summed E-state index contributed by atoms with van der Waals surface area (Å²) in [7, 11) is 0. The van der Waals surface area contributed by atoms with Crippen LogP contribution in [0.1, 0.15) is 18.4 Å². The summed E-state index contributed by atoms with van der Waals surface area (Å²) in [4.78, 5) is 2.44. The van der Waals surface area contributed by atoms with Crippen LogP contribution in [-0.2, 0) is 6.54 Å². The number of thiocarbonyl (C=S) groups is 1. The van der Waals surface area contributed by atoms with E-state index in [-0.39, 0.29) is 0 Å². The molecule has 0 spiro atoms. The van der Waals surface area contributed by atoms with Gasteiger partial charge in [-0.3, -0.25) is 0 Å². The van der Waals surface area contributed by atoms with Crippen molar-refractivity contribution >= 4 is 44.6 Å². The lowest BCUT2D eigenvalue weighted by Gasteiger charge is -2.18. The maximum atomic E-state index is 5.34. The van der Waals surface area contributed by atoms with Crippen LogP contribution < -0.4 is 15.5 Å². The third kappa shape index (κ3) is 4.69. The summed E-state index contributed by atoms with van der Waals surface area (Å²) in [5.74, 6) is 0. The minimum atomic E-state index is 0.635. The highest BCUT2D eigenvalue weighted by molar-refractivity contribution is 9.10. The zero-order valence-electron chi connectivity index (χ0n) is 12.9. The summed E-state index contributed by atoms with van der Waals surface area (Å²) >= 11 is 8.76. The number of hydrogen-bond donors (Lipinski definition) is 2. The lowest BCUT2D eigenvalue weighted by molar-refractivity contribution is 0.921. The van der Waals surface area contributed by atoms with Crippen LogP contribution in [0.3, 0.4) is 0 Å². The monoisotopic (exact) mass is 389 g/mol. The molecule has 0 unspecified atom stereocenters.